The zero-order chi connectivity index (χ0) is 16.8. The molecule has 0 saturated carbocycles. The lowest BCUT2D eigenvalue weighted by Crippen LogP contribution is -2.07. The predicted molar refractivity (Wildman–Crippen MR) is 94.5 cm³/mol. The molecule has 4 nitrogen and oxygen atoms in total. The summed E-state index contributed by atoms with van der Waals surface area (Å²) in [5, 5.41) is 6.92. The number of nitrogens with one attached hydrogen (secondary N) is 2. The van der Waals surface area contributed by atoms with Crippen LogP contribution in [0.5, 0.6) is 0 Å². The van der Waals surface area contributed by atoms with Crippen molar-refractivity contribution in [1.82, 2.24) is 9.97 Å². The molecule has 0 bridgehead atoms. The fourth-order valence-corrected chi connectivity index (χ4v) is 2.39. The number of nitrogens with zero attached hydrogens (tertiary/aromatic N) is 2. The van der Waals surface area contributed by atoms with Gasteiger partial charge < -0.3 is 10.6 Å². The molecule has 0 aliphatic carbocycles. The van der Waals surface area contributed by atoms with E-state index in [1.807, 2.05) is 24.3 Å². The maximum Gasteiger partial charge on any atom is 0.224 e. The van der Waals surface area contributed by atoms with Gasteiger partial charge in [0.2, 0.25) is 5.95 Å². The molecule has 6 heteroatoms. The van der Waals surface area contributed by atoms with Crippen molar-refractivity contribution in [2.75, 3.05) is 10.6 Å². The van der Waals surface area contributed by atoms with Crippen LogP contribution in [0.25, 0.3) is 0 Å². The van der Waals surface area contributed by atoms with E-state index >= 15 is 0 Å². The van der Waals surface area contributed by atoms with Crippen molar-refractivity contribution in [3.05, 3.63) is 82.8 Å². The number of anilines is 2. The van der Waals surface area contributed by atoms with Crippen LogP contribution >= 0.6 is 11.6 Å². The zero-order valence-corrected chi connectivity index (χ0v) is 13.6. The molecule has 2 aromatic carbocycles. The van der Waals surface area contributed by atoms with E-state index in [9.17, 15) is 4.39 Å². The second-order valence-corrected chi connectivity index (χ2v) is 5.56. The fraction of sp³-hybridized carbons (Fsp3) is 0.111. The monoisotopic (exact) mass is 342 g/mol. The van der Waals surface area contributed by atoms with E-state index in [0.29, 0.717) is 35.4 Å². The van der Waals surface area contributed by atoms with Crippen LogP contribution in [0.4, 0.5) is 16.2 Å². The van der Waals surface area contributed by atoms with Gasteiger partial charge in [-0.15, -0.1) is 0 Å². The highest BCUT2D eigenvalue weighted by Gasteiger charge is 2.04. The first kappa shape index (κ1) is 16.2. The molecule has 3 aromatic rings. The van der Waals surface area contributed by atoms with Crippen LogP contribution in [0.1, 0.15) is 11.1 Å². The molecule has 0 radical (unpaired) electrons. The summed E-state index contributed by atoms with van der Waals surface area (Å²) in [7, 11) is 0. The zero-order valence-electron chi connectivity index (χ0n) is 12.8. The molecular formula is C18H16ClFN4. The van der Waals surface area contributed by atoms with E-state index in [1.54, 1.807) is 30.5 Å². The highest BCUT2D eigenvalue weighted by atomic mass is 35.5. The highest BCUT2D eigenvalue weighted by Crippen LogP contribution is 2.16. The molecule has 0 aliphatic rings. The van der Waals surface area contributed by atoms with Crippen molar-refractivity contribution in [3.63, 3.8) is 0 Å². The Bertz CT molecular complexity index is 761. The summed E-state index contributed by atoms with van der Waals surface area (Å²) in [4.78, 5) is 8.54. The molecule has 1 heterocycles. The number of halogens is 2. The number of aromatic nitrogens is 2. The molecule has 2 N–H and O–H groups in total. The van der Waals surface area contributed by atoms with Gasteiger partial charge in [-0.2, -0.15) is 4.98 Å². The first-order valence-electron chi connectivity index (χ1n) is 7.50. The maximum atomic E-state index is 13.6. The minimum atomic E-state index is -0.240. The van der Waals surface area contributed by atoms with E-state index < -0.39 is 0 Å². The SMILES string of the molecule is Fc1ccccc1CNc1ccnc(NCc2ccccc2Cl)n1. The van der Waals surface area contributed by atoms with Gasteiger partial charge in [0.05, 0.1) is 0 Å². The minimum absolute atomic E-state index is 0.240. The third kappa shape index (κ3) is 4.20. The Labute approximate surface area is 144 Å². The van der Waals surface area contributed by atoms with Crippen molar-refractivity contribution in [2.24, 2.45) is 0 Å². The average molecular weight is 343 g/mol. The second-order valence-electron chi connectivity index (χ2n) is 5.16. The lowest BCUT2D eigenvalue weighted by atomic mass is 10.2. The summed E-state index contributed by atoms with van der Waals surface area (Å²) >= 11 is 6.13. The molecule has 122 valence electrons. The quantitative estimate of drug-likeness (QED) is 0.692. The van der Waals surface area contributed by atoms with Crippen LogP contribution in [-0.4, -0.2) is 9.97 Å². The number of rotatable bonds is 6. The minimum Gasteiger partial charge on any atom is -0.366 e. The summed E-state index contributed by atoms with van der Waals surface area (Å²) in [6, 6.07) is 16.0. The van der Waals surface area contributed by atoms with Crippen LogP contribution in [0.15, 0.2) is 60.8 Å². The summed E-state index contributed by atoms with van der Waals surface area (Å²) in [5.41, 5.74) is 1.55. The predicted octanol–water partition coefficient (Wildman–Crippen LogP) is 4.49. The molecule has 1 aromatic heterocycles. The van der Waals surface area contributed by atoms with Gasteiger partial charge in [0.15, 0.2) is 0 Å². The van der Waals surface area contributed by atoms with Gasteiger partial charge in [-0.1, -0.05) is 48.0 Å². The number of hydrogen-bond donors (Lipinski definition) is 2. The van der Waals surface area contributed by atoms with Gasteiger partial charge in [-0.25, -0.2) is 9.37 Å². The van der Waals surface area contributed by atoms with Crippen molar-refractivity contribution in [2.45, 2.75) is 13.1 Å². The molecule has 0 amide bonds. The highest BCUT2D eigenvalue weighted by molar-refractivity contribution is 6.31. The molecular weight excluding hydrogens is 327 g/mol. The van der Waals surface area contributed by atoms with Crippen LogP contribution in [0.3, 0.4) is 0 Å². The molecule has 3 rings (SSSR count). The lowest BCUT2D eigenvalue weighted by Gasteiger charge is -2.09. The number of hydrogen-bond acceptors (Lipinski definition) is 4. The Kier molecular flexibility index (Phi) is 5.23. The third-order valence-corrected chi connectivity index (χ3v) is 3.84. The van der Waals surface area contributed by atoms with E-state index in [2.05, 4.69) is 20.6 Å². The van der Waals surface area contributed by atoms with E-state index in [4.69, 9.17) is 11.6 Å². The molecule has 0 spiro atoms. The van der Waals surface area contributed by atoms with E-state index in [0.717, 1.165) is 5.56 Å². The van der Waals surface area contributed by atoms with Gasteiger partial charge in [0.25, 0.3) is 0 Å². The van der Waals surface area contributed by atoms with Gasteiger partial charge in [0, 0.05) is 29.9 Å². The van der Waals surface area contributed by atoms with Gasteiger partial charge in [0.1, 0.15) is 11.6 Å². The normalized spacial score (nSPS) is 10.4. The van der Waals surface area contributed by atoms with Gasteiger partial charge in [-0.05, 0) is 23.8 Å². The van der Waals surface area contributed by atoms with Crippen LogP contribution in [0.2, 0.25) is 5.02 Å². The van der Waals surface area contributed by atoms with Crippen molar-refractivity contribution in [1.29, 1.82) is 0 Å². The van der Waals surface area contributed by atoms with Crippen molar-refractivity contribution in [3.8, 4) is 0 Å². The molecule has 0 unspecified atom stereocenters. The molecule has 0 saturated heterocycles. The standard InChI is InChI=1S/C18H16ClFN4/c19-15-7-3-1-5-13(15)11-23-18-21-10-9-17(24-18)22-12-14-6-2-4-8-16(14)20/h1-10H,11-12H2,(H2,21,22,23,24). The average Bonchev–Trinajstić information content (AvgIpc) is 2.61. The molecule has 0 atom stereocenters. The molecule has 0 aliphatic heterocycles. The van der Waals surface area contributed by atoms with Crippen molar-refractivity contribution >= 4 is 23.4 Å². The van der Waals surface area contributed by atoms with Crippen LogP contribution in [-0.2, 0) is 13.1 Å². The Morgan fingerprint density at radius 2 is 1.58 bits per heavy atom. The topological polar surface area (TPSA) is 49.8 Å². The van der Waals surface area contributed by atoms with Gasteiger partial charge in [-0.3, -0.25) is 0 Å². The summed E-state index contributed by atoms with van der Waals surface area (Å²) in [6.07, 6.45) is 1.64. The van der Waals surface area contributed by atoms with Crippen molar-refractivity contribution < 1.29 is 4.39 Å². The fourth-order valence-electron chi connectivity index (χ4n) is 2.19. The van der Waals surface area contributed by atoms with Crippen LogP contribution in [0, 0.1) is 5.82 Å². The first-order chi connectivity index (χ1) is 11.7. The summed E-state index contributed by atoms with van der Waals surface area (Å²) < 4.78 is 13.6. The van der Waals surface area contributed by atoms with E-state index in [1.165, 1.54) is 6.07 Å². The molecule has 0 fully saturated rings. The largest absolute Gasteiger partial charge is 0.366 e. The second kappa shape index (κ2) is 7.75. The third-order valence-electron chi connectivity index (χ3n) is 3.47. The lowest BCUT2D eigenvalue weighted by molar-refractivity contribution is 0.613. The Morgan fingerprint density at radius 3 is 2.38 bits per heavy atom. The first-order valence-corrected chi connectivity index (χ1v) is 7.88. The summed E-state index contributed by atoms with van der Waals surface area (Å²) in [6.45, 7) is 0.879. The molecule has 24 heavy (non-hydrogen) atoms. The Morgan fingerprint density at radius 1 is 0.875 bits per heavy atom. The number of benzene rings is 2. The maximum absolute atomic E-state index is 13.6. The smallest absolute Gasteiger partial charge is 0.224 e. The van der Waals surface area contributed by atoms with Gasteiger partial charge >= 0.3 is 0 Å². The van der Waals surface area contributed by atoms with E-state index in [-0.39, 0.29) is 5.82 Å². The Balaban J connectivity index is 1.62. The van der Waals surface area contributed by atoms with Crippen LogP contribution < -0.4 is 10.6 Å². The Hall–Kier alpha value is -2.66. The summed E-state index contributed by atoms with van der Waals surface area (Å²) in [5.74, 6) is 0.861.